The van der Waals surface area contributed by atoms with Crippen LogP contribution in [-0.2, 0) is 6.54 Å². The molecule has 2 aromatic rings. The van der Waals surface area contributed by atoms with Gasteiger partial charge in [0.2, 0.25) is 0 Å². The third kappa shape index (κ3) is 7.87. The first-order chi connectivity index (χ1) is 13.0. The summed E-state index contributed by atoms with van der Waals surface area (Å²) >= 11 is 0. The number of hydrogen-bond donors (Lipinski definition) is 2. The molecule has 0 amide bonds. The fourth-order valence-corrected chi connectivity index (χ4v) is 2.34. The third-order valence-electron chi connectivity index (χ3n) is 3.72. The van der Waals surface area contributed by atoms with Gasteiger partial charge in [-0.15, -0.1) is 24.0 Å². The normalized spacial score (nSPS) is 12.0. The Morgan fingerprint density at radius 2 is 1.93 bits per heavy atom. The van der Waals surface area contributed by atoms with E-state index < -0.39 is 0 Å². The van der Waals surface area contributed by atoms with Crippen LogP contribution in [0.5, 0.6) is 5.75 Å². The summed E-state index contributed by atoms with van der Waals surface area (Å²) in [4.78, 5) is 11.1. The lowest BCUT2D eigenvalue weighted by molar-refractivity contribution is 0.214. The molecule has 1 aromatic heterocycles. The summed E-state index contributed by atoms with van der Waals surface area (Å²) in [5.74, 6) is 1.45. The molecule has 6 nitrogen and oxygen atoms in total. The second-order valence-corrected chi connectivity index (χ2v) is 6.32. The first-order valence-corrected chi connectivity index (χ1v) is 9.06. The number of nitrogens with one attached hydrogen (secondary N) is 2. The van der Waals surface area contributed by atoms with Crippen molar-refractivity contribution in [3.63, 3.8) is 0 Å². The molecular weight excluding hydrogens is 472 g/mol. The molecule has 2 N–H and O–H groups in total. The lowest BCUT2D eigenvalue weighted by Gasteiger charge is -2.18. The van der Waals surface area contributed by atoms with Gasteiger partial charge in [-0.1, -0.05) is 18.2 Å². The molecule has 28 heavy (non-hydrogen) atoms. The standard InChI is InChI=1S/C20H28FN5O.HI/c1-5-22-20(24-14-16-9-8-12-19(25-16)26(3)4)23-13-15(2)27-18-11-7-6-10-17(18)21;/h6-12,15H,5,13-14H2,1-4H3,(H2,22,23,24);1H. The van der Waals surface area contributed by atoms with Crippen LogP contribution in [0.25, 0.3) is 0 Å². The van der Waals surface area contributed by atoms with Crippen LogP contribution in [-0.4, -0.2) is 44.2 Å². The van der Waals surface area contributed by atoms with E-state index in [2.05, 4.69) is 20.6 Å². The molecule has 1 heterocycles. The van der Waals surface area contributed by atoms with Crippen LogP contribution in [0.2, 0.25) is 0 Å². The van der Waals surface area contributed by atoms with Crippen LogP contribution in [0.1, 0.15) is 19.5 Å². The van der Waals surface area contributed by atoms with E-state index in [9.17, 15) is 4.39 Å². The number of nitrogens with zero attached hydrogens (tertiary/aromatic N) is 3. The number of guanidine groups is 1. The Balaban J connectivity index is 0.00000392. The van der Waals surface area contributed by atoms with Gasteiger partial charge in [-0.2, -0.15) is 0 Å². The summed E-state index contributed by atoms with van der Waals surface area (Å²) in [7, 11) is 3.91. The molecule has 0 bridgehead atoms. The highest BCUT2D eigenvalue weighted by atomic mass is 127. The third-order valence-corrected chi connectivity index (χ3v) is 3.72. The minimum Gasteiger partial charge on any atom is -0.486 e. The number of para-hydroxylation sites is 1. The zero-order chi connectivity index (χ0) is 19.6. The smallest absolute Gasteiger partial charge is 0.191 e. The molecule has 0 saturated heterocycles. The van der Waals surface area contributed by atoms with Crippen molar-refractivity contribution in [3.05, 3.63) is 54.0 Å². The van der Waals surface area contributed by atoms with E-state index in [1.54, 1.807) is 18.2 Å². The van der Waals surface area contributed by atoms with Gasteiger partial charge in [0.1, 0.15) is 11.9 Å². The van der Waals surface area contributed by atoms with Crippen LogP contribution in [0.3, 0.4) is 0 Å². The number of anilines is 1. The molecule has 1 atom stereocenters. The molecular formula is C20H29FIN5O. The van der Waals surface area contributed by atoms with E-state index in [0.717, 1.165) is 18.1 Å². The summed E-state index contributed by atoms with van der Waals surface area (Å²) in [6.45, 7) is 5.57. The van der Waals surface area contributed by atoms with Gasteiger partial charge in [0.15, 0.2) is 17.5 Å². The molecule has 1 unspecified atom stereocenters. The zero-order valence-corrected chi connectivity index (χ0v) is 19.1. The molecule has 0 aliphatic carbocycles. The SMILES string of the molecule is CCNC(=NCc1cccc(N(C)C)n1)NCC(C)Oc1ccccc1F.I. The van der Waals surface area contributed by atoms with Gasteiger partial charge in [-0.25, -0.2) is 14.4 Å². The molecule has 0 saturated carbocycles. The van der Waals surface area contributed by atoms with E-state index in [1.807, 2.05) is 51.0 Å². The summed E-state index contributed by atoms with van der Waals surface area (Å²) in [6.07, 6.45) is -0.221. The number of aliphatic imine (C=N–C) groups is 1. The fraction of sp³-hybridized carbons (Fsp3) is 0.400. The first-order valence-electron chi connectivity index (χ1n) is 9.06. The van der Waals surface area contributed by atoms with Crippen LogP contribution in [0.15, 0.2) is 47.5 Å². The van der Waals surface area contributed by atoms with E-state index in [1.165, 1.54) is 6.07 Å². The maximum absolute atomic E-state index is 13.7. The predicted octanol–water partition coefficient (Wildman–Crippen LogP) is 3.43. The molecule has 0 spiro atoms. The zero-order valence-electron chi connectivity index (χ0n) is 16.8. The molecule has 0 fully saturated rings. The fourth-order valence-electron chi connectivity index (χ4n) is 2.34. The number of ether oxygens (including phenoxy) is 1. The van der Waals surface area contributed by atoms with Gasteiger partial charge in [0.05, 0.1) is 18.8 Å². The highest BCUT2D eigenvalue weighted by Crippen LogP contribution is 2.16. The van der Waals surface area contributed by atoms with Crippen LogP contribution in [0.4, 0.5) is 10.2 Å². The Bertz CT molecular complexity index is 757. The molecule has 0 aliphatic rings. The number of benzene rings is 1. The highest BCUT2D eigenvalue weighted by molar-refractivity contribution is 14.0. The Morgan fingerprint density at radius 3 is 2.61 bits per heavy atom. The van der Waals surface area contributed by atoms with Crippen molar-refractivity contribution in [2.45, 2.75) is 26.5 Å². The Kier molecular flexibility index (Phi) is 10.6. The van der Waals surface area contributed by atoms with Crippen molar-refractivity contribution in [3.8, 4) is 5.75 Å². The van der Waals surface area contributed by atoms with E-state index >= 15 is 0 Å². The van der Waals surface area contributed by atoms with Crippen molar-refractivity contribution in [1.29, 1.82) is 0 Å². The van der Waals surface area contributed by atoms with Crippen molar-refractivity contribution < 1.29 is 9.13 Å². The topological polar surface area (TPSA) is 61.8 Å². The first kappa shape index (κ1) is 23.9. The van der Waals surface area contributed by atoms with Gasteiger partial charge in [-0.3, -0.25) is 0 Å². The van der Waals surface area contributed by atoms with Crippen LogP contribution in [0, 0.1) is 5.82 Å². The molecule has 0 radical (unpaired) electrons. The van der Waals surface area contributed by atoms with Crippen molar-refractivity contribution in [2.24, 2.45) is 4.99 Å². The number of halogens is 2. The summed E-state index contributed by atoms with van der Waals surface area (Å²) in [5.41, 5.74) is 0.883. The molecule has 1 aromatic carbocycles. The monoisotopic (exact) mass is 501 g/mol. The quantitative estimate of drug-likeness (QED) is 0.330. The van der Waals surface area contributed by atoms with E-state index in [-0.39, 0.29) is 41.6 Å². The van der Waals surface area contributed by atoms with Crippen LogP contribution < -0.4 is 20.3 Å². The van der Waals surface area contributed by atoms with Gasteiger partial charge >= 0.3 is 0 Å². The molecule has 8 heteroatoms. The van der Waals surface area contributed by atoms with Gasteiger partial charge in [-0.05, 0) is 38.1 Å². The predicted molar refractivity (Wildman–Crippen MR) is 123 cm³/mol. The minimum atomic E-state index is -0.364. The van der Waals surface area contributed by atoms with E-state index in [0.29, 0.717) is 19.0 Å². The second-order valence-electron chi connectivity index (χ2n) is 6.32. The Hall–Kier alpha value is -2.10. The van der Waals surface area contributed by atoms with Gasteiger partial charge in [0.25, 0.3) is 0 Å². The summed E-state index contributed by atoms with van der Waals surface area (Å²) in [5, 5.41) is 6.41. The number of hydrogen-bond acceptors (Lipinski definition) is 4. The molecule has 2 rings (SSSR count). The highest BCUT2D eigenvalue weighted by Gasteiger charge is 2.09. The van der Waals surface area contributed by atoms with Crippen molar-refractivity contribution in [1.82, 2.24) is 15.6 Å². The van der Waals surface area contributed by atoms with Crippen molar-refractivity contribution >= 4 is 35.8 Å². The number of rotatable bonds is 8. The molecule has 0 aliphatic heterocycles. The lowest BCUT2D eigenvalue weighted by Crippen LogP contribution is -2.41. The average Bonchev–Trinajstić information content (AvgIpc) is 2.66. The average molecular weight is 501 g/mol. The summed E-state index contributed by atoms with van der Waals surface area (Å²) < 4.78 is 19.3. The number of aromatic nitrogens is 1. The molecule has 154 valence electrons. The van der Waals surface area contributed by atoms with E-state index in [4.69, 9.17) is 4.74 Å². The Morgan fingerprint density at radius 1 is 1.18 bits per heavy atom. The van der Waals surface area contributed by atoms with Gasteiger partial charge in [0, 0.05) is 20.6 Å². The Labute approximate surface area is 183 Å². The summed E-state index contributed by atoms with van der Waals surface area (Å²) in [6, 6.07) is 12.3. The number of pyridine rings is 1. The maximum Gasteiger partial charge on any atom is 0.191 e. The largest absolute Gasteiger partial charge is 0.486 e. The second kappa shape index (κ2) is 12.4. The van der Waals surface area contributed by atoms with Crippen LogP contribution >= 0.6 is 24.0 Å². The van der Waals surface area contributed by atoms with Crippen molar-refractivity contribution in [2.75, 3.05) is 32.1 Å². The lowest BCUT2D eigenvalue weighted by atomic mass is 10.3. The maximum atomic E-state index is 13.7. The van der Waals surface area contributed by atoms with Gasteiger partial charge < -0.3 is 20.3 Å². The minimum absolute atomic E-state index is 0.